The molecule has 0 bridgehead atoms. The monoisotopic (exact) mass is 214 g/mol. The van der Waals surface area contributed by atoms with Gasteiger partial charge in [-0.25, -0.2) is 4.98 Å². The minimum atomic E-state index is 0.250. The van der Waals surface area contributed by atoms with E-state index in [9.17, 15) is 4.79 Å². The van der Waals surface area contributed by atoms with Crippen LogP contribution in [0.25, 0.3) is 11.0 Å². The first-order chi connectivity index (χ1) is 7.84. The van der Waals surface area contributed by atoms with Gasteiger partial charge in [0.05, 0.1) is 17.4 Å². The molecular weight excluding hydrogens is 200 g/mol. The highest BCUT2D eigenvalue weighted by Gasteiger charge is 2.23. The summed E-state index contributed by atoms with van der Waals surface area (Å²) in [6.45, 7) is 0. The normalized spacial score (nSPS) is 17.0. The summed E-state index contributed by atoms with van der Waals surface area (Å²) in [4.78, 5) is 19.4. The van der Waals surface area contributed by atoms with E-state index in [0.717, 1.165) is 29.4 Å². The second-order valence-electron chi connectivity index (χ2n) is 4.48. The SMILES string of the molecule is O=C(c1ccc2nc[nH]c2c1)C1CCCC1. The number of ketones is 1. The Hall–Kier alpha value is -1.64. The van der Waals surface area contributed by atoms with Crippen LogP contribution < -0.4 is 0 Å². The van der Waals surface area contributed by atoms with Gasteiger partial charge in [-0.15, -0.1) is 0 Å². The van der Waals surface area contributed by atoms with Crippen LogP contribution in [0.5, 0.6) is 0 Å². The quantitative estimate of drug-likeness (QED) is 0.781. The van der Waals surface area contributed by atoms with Crippen molar-refractivity contribution in [3.63, 3.8) is 0 Å². The molecular formula is C13H14N2O. The molecule has 3 nitrogen and oxygen atoms in total. The number of hydrogen-bond acceptors (Lipinski definition) is 2. The predicted octanol–water partition coefficient (Wildman–Crippen LogP) is 2.94. The largest absolute Gasteiger partial charge is 0.345 e. The first kappa shape index (κ1) is 9.58. The first-order valence-corrected chi connectivity index (χ1v) is 5.82. The maximum absolute atomic E-state index is 12.2. The van der Waals surface area contributed by atoms with Crippen molar-refractivity contribution in [3.05, 3.63) is 30.1 Å². The highest BCUT2D eigenvalue weighted by atomic mass is 16.1. The van der Waals surface area contributed by atoms with Gasteiger partial charge in [0.25, 0.3) is 0 Å². The lowest BCUT2D eigenvalue weighted by atomic mass is 9.96. The molecule has 2 aromatic rings. The Bertz CT molecular complexity index is 523. The van der Waals surface area contributed by atoms with Gasteiger partial charge >= 0.3 is 0 Å². The fourth-order valence-corrected chi connectivity index (χ4v) is 2.51. The number of aromatic nitrogens is 2. The van der Waals surface area contributed by atoms with Crippen molar-refractivity contribution in [1.82, 2.24) is 9.97 Å². The Morgan fingerprint density at radius 1 is 1.31 bits per heavy atom. The number of imidazole rings is 1. The Kier molecular flexibility index (Phi) is 2.24. The van der Waals surface area contributed by atoms with E-state index >= 15 is 0 Å². The van der Waals surface area contributed by atoms with Gasteiger partial charge in [-0.2, -0.15) is 0 Å². The minimum Gasteiger partial charge on any atom is -0.345 e. The summed E-state index contributed by atoms with van der Waals surface area (Å²) in [6, 6.07) is 5.72. The lowest BCUT2D eigenvalue weighted by Gasteiger charge is -2.07. The molecule has 1 N–H and O–H groups in total. The molecule has 1 aliphatic carbocycles. The lowest BCUT2D eigenvalue weighted by Crippen LogP contribution is -2.10. The van der Waals surface area contributed by atoms with E-state index in [4.69, 9.17) is 0 Å². The zero-order valence-corrected chi connectivity index (χ0v) is 9.07. The van der Waals surface area contributed by atoms with E-state index < -0.39 is 0 Å². The van der Waals surface area contributed by atoms with Crippen molar-refractivity contribution < 1.29 is 4.79 Å². The molecule has 0 atom stereocenters. The number of nitrogens with one attached hydrogen (secondary N) is 1. The minimum absolute atomic E-state index is 0.250. The molecule has 82 valence electrons. The molecule has 3 rings (SSSR count). The number of benzene rings is 1. The number of carbonyl (C=O) groups excluding carboxylic acids is 1. The molecule has 0 saturated heterocycles. The third kappa shape index (κ3) is 1.52. The molecule has 1 saturated carbocycles. The van der Waals surface area contributed by atoms with Crippen LogP contribution >= 0.6 is 0 Å². The van der Waals surface area contributed by atoms with Crippen molar-refractivity contribution >= 4 is 16.8 Å². The number of aromatic amines is 1. The molecule has 0 spiro atoms. The fourth-order valence-electron chi connectivity index (χ4n) is 2.51. The van der Waals surface area contributed by atoms with E-state index in [2.05, 4.69) is 9.97 Å². The summed E-state index contributed by atoms with van der Waals surface area (Å²) in [5.41, 5.74) is 2.69. The molecule has 0 unspecified atom stereocenters. The van der Waals surface area contributed by atoms with Crippen molar-refractivity contribution in [3.8, 4) is 0 Å². The number of H-pyrrole nitrogens is 1. The van der Waals surface area contributed by atoms with Gasteiger partial charge in [0.15, 0.2) is 5.78 Å². The van der Waals surface area contributed by atoms with Gasteiger partial charge in [-0.05, 0) is 31.0 Å². The Morgan fingerprint density at radius 3 is 2.94 bits per heavy atom. The van der Waals surface area contributed by atoms with Crippen LogP contribution in [0.1, 0.15) is 36.0 Å². The van der Waals surface area contributed by atoms with Crippen molar-refractivity contribution in [2.24, 2.45) is 5.92 Å². The van der Waals surface area contributed by atoms with E-state index in [-0.39, 0.29) is 5.92 Å². The molecule has 1 heterocycles. The summed E-state index contributed by atoms with van der Waals surface area (Å²) in [5.74, 6) is 0.550. The summed E-state index contributed by atoms with van der Waals surface area (Å²) < 4.78 is 0. The Labute approximate surface area is 93.9 Å². The maximum Gasteiger partial charge on any atom is 0.166 e. The molecule has 3 heteroatoms. The van der Waals surface area contributed by atoms with Crippen LogP contribution in [0.15, 0.2) is 24.5 Å². The Morgan fingerprint density at radius 2 is 2.12 bits per heavy atom. The number of carbonyl (C=O) groups is 1. The average molecular weight is 214 g/mol. The van der Waals surface area contributed by atoms with Crippen molar-refractivity contribution in [1.29, 1.82) is 0 Å². The summed E-state index contributed by atoms with van der Waals surface area (Å²) >= 11 is 0. The zero-order chi connectivity index (χ0) is 11.0. The molecule has 1 aliphatic rings. The van der Waals surface area contributed by atoms with E-state index in [1.54, 1.807) is 6.33 Å². The van der Waals surface area contributed by atoms with E-state index in [1.807, 2.05) is 18.2 Å². The van der Waals surface area contributed by atoms with Crippen LogP contribution in [0.3, 0.4) is 0 Å². The standard InChI is InChI=1S/C13H14N2O/c16-13(9-3-1-2-4-9)10-5-6-11-12(7-10)15-8-14-11/h5-9H,1-4H2,(H,14,15). The molecule has 1 fully saturated rings. The third-order valence-electron chi connectivity index (χ3n) is 3.43. The molecule has 1 aromatic heterocycles. The average Bonchev–Trinajstić information content (AvgIpc) is 2.98. The van der Waals surface area contributed by atoms with Crippen LogP contribution in [0.2, 0.25) is 0 Å². The summed E-state index contributed by atoms with van der Waals surface area (Å²) in [7, 11) is 0. The van der Waals surface area contributed by atoms with Gasteiger partial charge in [0, 0.05) is 11.5 Å². The first-order valence-electron chi connectivity index (χ1n) is 5.82. The van der Waals surface area contributed by atoms with E-state index in [0.29, 0.717) is 5.78 Å². The van der Waals surface area contributed by atoms with Crippen molar-refractivity contribution in [2.75, 3.05) is 0 Å². The number of fused-ring (bicyclic) bond motifs is 1. The van der Waals surface area contributed by atoms with Crippen LogP contribution in [0.4, 0.5) is 0 Å². The van der Waals surface area contributed by atoms with Gasteiger partial charge in [0.1, 0.15) is 0 Å². The lowest BCUT2D eigenvalue weighted by molar-refractivity contribution is 0.0923. The molecule has 0 aliphatic heterocycles. The predicted molar refractivity (Wildman–Crippen MR) is 62.4 cm³/mol. The van der Waals surface area contributed by atoms with Crippen LogP contribution in [0, 0.1) is 5.92 Å². The van der Waals surface area contributed by atoms with Gasteiger partial charge in [-0.3, -0.25) is 4.79 Å². The molecule has 0 radical (unpaired) electrons. The smallest absolute Gasteiger partial charge is 0.166 e. The molecule has 1 aromatic carbocycles. The van der Waals surface area contributed by atoms with Crippen molar-refractivity contribution in [2.45, 2.75) is 25.7 Å². The van der Waals surface area contributed by atoms with Gasteiger partial charge < -0.3 is 4.98 Å². The topological polar surface area (TPSA) is 45.8 Å². The second-order valence-corrected chi connectivity index (χ2v) is 4.48. The second kappa shape index (κ2) is 3.74. The fraction of sp³-hybridized carbons (Fsp3) is 0.385. The Balaban J connectivity index is 1.95. The molecule has 16 heavy (non-hydrogen) atoms. The zero-order valence-electron chi connectivity index (χ0n) is 9.07. The number of rotatable bonds is 2. The number of nitrogens with zero attached hydrogens (tertiary/aromatic N) is 1. The third-order valence-corrected chi connectivity index (χ3v) is 3.43. The van der Waals surface area contributed by atoms with Crippen LogP contribution in [-0.2, 0) is 0 Å². The number of Topliss-reactive ketones (excluding diaryl/α,β-unsaturated/α-hetero) is 1. The molecule has 0 amide bonds. The van der Waals surface area contributed by atoms with Crippen LogP contribution in [-0.4, -0.2) is 15.8 Å². The summed E-state index contributed by atoms with van der Waals surface area (Å²) in [6.07, 6.45) is 6.17. The van der Waals surface area contributed by atoms with Gasteiger partial charge in [0.2, 0.25) is 0 Å². The maximum atomic E-state index is 12.2. The van der Waals surface area contributed by atoms with E-state index in [1.165, 1.54) is 12.8 Å². The number of hydrogen-bond donors (Lipinski definition) is 1. The van der Waals surface area contributed by atoms with Gasteiger partial charge in [-0.1, -0.05) is 12.8 Å². The summed E-state index contributed by atoms with van der Waals surface area (Å²) in [5, 5.41) is 0. The highest BCUT2D eigenvalue weighted by molar-refractivity contribution is 6.00. The highest BCUT2D eigenvalue weighted by Crippen LogP contribution is 2.28.